The Morgan fingerprint density at radius 1 is 1.09 bits per heavy atom. The second kappa shape index (κ2) is 12.8. The number of ether oxygens (including phenoxy) is 1. The Hall–Kier alpha value is -2.59. The average Bonchev–Trinajstić information content (AvgIpc) is 2.80. The van der Waals surface area contributed by atoms with Crippen LogP contribution in [-0.2, 0) is 26.2 Å². The number of likely N-dealkylation sites (N-methyl/N-ethyl adjacent to an activating group) is 1. The molecule has 0 saturated carbocycles. The van der Waals surface area contributed by atoms with Crippen LogP contribution < -0.4 is 14.4 Å². The fraction of sp³-hybridized carbons (Fsp3) is 0.417. The molecule has 8 nitrogen and oxygen atoms in total. The summed E-state index contributed by atoms with van der Waals surface area (Å²) in [6.45, 7) is 4.40. The molecule has 10 heteroatoms. The van der Waals surface area contributed by atoms with Crippen molar-refractivity contribution in [3.05, 3.63) is 58.6 Å². The number of sulfonamides is 1. The van der Waals surface area contributed by atoms with Crippen molar-refractivity contribution in [2.75, 3.05) is 30.8 Å². The van der Waals surface area contributed by atoms with Crippen molar-refractivity contribution in [1.82, 2.24) is 10.2 Å². The summed E-state index contributed by atoms with van der Waals surface area (Å²) < 4.78 is 32.1. The standard InChI is InChI=1S/C24H32BrN3O5S/c1-5-26-24(30)18(2)27(17-19-8-10-20(25)11-9-19)23(29)7-6-16-28(34(4,31)32)21-12-14-22(33-3)15-13-21/h8-15,18H,5-7,16-17H2,1-4H3,(H,26,30). The molecule has 2 amide bonds. The molecule has 0 aliphatic heterocycles. The van der Waals surface area contributed by atoms with E-state index in [4.69, 9.17) is 4.74 Å². The molecule has 0 aliphatic rings. The van der Waals surface area contributed by atoms with E-state index in [1.807, 2.05) is 31.2 Å². The van der Waals surface area contributed by atoms with Crippen molar-refractivity contribution in [3.63, 3.8) is 0 Å². The average molecular weight is 555 g/mol. The smallest absolute Gasteiger partial charge is 0.242 e. The number of rotatable bonds is 12. The molecule has 1 atom stereocenters. The first-order valence-electron chi connectivity index (χ1n) is 11.0. The van der Waals surface area contributed by atoms with Gasteiger partial charge in [0.05, 0.1) is 19.1 Å². The van der Waals surface area contributed by atoms with Crippen LogP contribution in [0.4, 0.5) is 5.69 Å². The van der Waals surface area contributed by atoms with Crippen molar-refractivity contribution in [3.8, 4) is 5.75 Å². The fourth-order valence-corrected chi connectivity index (χ4v) is 4.67. The Morgan fingerprint density at radius 2 is 1.71 bits per heavy atom. The lowest BCUT2D eigenvalue weighted by atomic mass is 10.1. The molecule has 0 aliphatic carbocycles. The first-order chi connectivity index (χ1) is 16.1. The van der Waals surface area contributed by atoms with Gasteiger partial charge in [-0.15, -0.1) is 0 Å². The summed E-state index contributed by atoms with van der Waals surface area (Å²) in [5, 5.41) is 2.76. The number of nitrogens with zero attached hydrogens (tertiary/aromatic N) is 2. The van der Waals surface area contributed by atoms with E-state index >= 15 is 0 Å². The number of benzene rings is 2. The molecule has 2 aromatic carbocycles. The number of hydrogen-bond acceptors (Lipinski definition) is 5. The molecule has 0 spiro atoms. The van der Waals surface area contributed by atoms with E-state index in [1.54, 1.807) is 31.2 Å². The highest BCUT2D eigenvalue weighted by atomic mass is 79.9. The molecule has 0 saturated heterocycles. The van der Waals surface area contributed by atoms with Crippen LogP contribution in [0.5, 0.6) is 5.75 Å². The van der Waals surface area contributed by atoms with Crippen LogP contribution in [0, 0.1) is 0 Å². The van der Waals surface area contributed by atoms with Crippen molar-refractivity contribution >= 4 is 43.5 Å². The van der Waals surface area contributed by atoms with E-state index in [2.05, 4.69) is 21.2 Å². The van der Waals surface area contributed by atoms with Gasteiger partial charge in [0.25, 0.3) is 0 Å². The summed E-state index contributed by atoms with van der Waals surface area (Å²) in [6.07, 6.45) is 1.54. The third kappa shape index (κ3) is 8.02. The van der Waals surface area contributed by atoms with Crippen molar-refractivity contribution < 1.29 is 22.7 Å². The van der Waals surface area contributed by atoms with Crippen LogP contribution in [0.2, 0.25) is 0 Å². The van der Waals surface area contributed by atoms with Gasteiger partial charge < -0.3 is 15.0 Å². The number of carbonyl (C=O) groups is 2. The molecule has 0 heterocycles. The van der Waals surface area contributed by atoms with E-state index in [1.165, 1.54) is 16.3 Å². The van der Waals surface area contributed by atoms with E-state index in [0.29, 0.717) is 24.4 Å². The number of anilines is 1. The largest absolute Gasteiger partial charge is 0.497 e. The maximum atomic E-state index is 13.2. The summed E-state index contributed by atoms with van der Waals surface area (Å²) >= 11 is 3.40. The van der Waals surface area contributed by atoms with Gasteiger partial charge in [-0.05, 0) is 62.2 Å². The molecule has 0 bridgehead atoms. The van der Waals surface area contributed by atoms with Gasteiger partial charge in [-0.2, -0.15) is 0 Å². The zero-order valence-corrected chi connectivity index (χ0v) is 22.4. The lowest BCUT2D eigenvalue weighted by Gasteiger charge is -2.29. The minimum absolute atomic E-state index is 0.0997. The summed E-state index contributed by atoms with van der Waals surface area (Å²) in [5.41, 5.74) is 1.39. The molecule has 0 fully saturated rings. The van der Waals surface area contributed by atoms with Crippen LogP contribution >= 0.6 is 15.9 Å². The van der Waals surface area contributed by atoms with Crippen molar-refractivity contribution in [1.29, 1.82) is 0 Å². The molecule has 0 radical (unpaired) electrons. The second-order valence-electron chi connectivity index (χ2n) is 7.86. The first kappa shape index (κ1) is 27.7. The van der Waals surface area contributed by atoms with E-state index < -0.39 is 16.1 Å². The summed E-state index contributed by atoms with van der Waals surface area (Å²) in [6, 6.07) is 13.6. The predicted molar refractivity (Wildman–Crippen MR) is 137 cm³/mol. The van der Waals surface area contributed by atoms with Gasteiger partial charge in [0.1, 0.15) is 11.8 Å². The summed E-state index contributed by atoms with van der Waals surface area (Å²) in [4.78, 5) is 27.2. The van der Waals surface area contributed by atoms with E-state index in [9.17, 15) is 18.0 Å². The van der Waals surface area contributed by atoms with E-state index in [-0.39, 0.29) is 31.3 Å². The van der Waals surface area contributed by atoms with Gasteiger partial charge in [0.15, 0.2) is 0 Å². The maximum absolute atomic E-state index is 13.2. The van der Waals surface area contributed by atoms with Crippen LogP contribution in [0.3, 0.4) is 0 Å². The van der Waals surface area contributed by atoms with Gasteiger partial charge in [0, 0.05) is 30.5 Å². The van der Waals surface area contributed by atoms with Gasteiger partial charge in [0.2, 0.25) is 21.8 Å². The molecular weight excluding hydrogens is 522 g/mol. The zero-order chi connectivity index (χ0) is 25.3. The number of methoxy groups -OCH3 is 1. The second-order valence-corrected chi connectivity index (χ2v) is 10.7. The highest BCUT2D eigenvalue weighted by Gasteiger charge is 2.26. The molecular formula is C24H32BrN3O5S. The molecule has 186 valence electrons. The fourth-order valence-electron chi connectivity index (χ4n) is 3.44. The molecule has 34 heavy (non-hydrogen) atoms. The number of halogens is 1. The third-order valence-corrected chi connectivity index (χ3v) is 7.02. The minimum atomic E-state index is -3.55. The molecule has 2 aromatic rings. The number of carbonyl (C=O) groups excluding carboxylic acids is 2. The van der Waals surface area contributed by atoms with Gasteiger partial charge in [-0.25, -0.2) is 8.42 Å². The highest BCUT2D eigenvalue weighted by Crippen LogP contribution is 2.22. The zero-order valence-electron chi connectivity index (χ0n) is 20.0. The normalized spacial score (nSPS) is 12.0. The Balaban J connectivity index is 2.13. The topological polar surface area (TPSA) is 96.0 Å². The highest BCUT2D eigenvalue weighted by molar-refractivity contribution is 9.10. The third-order valence-electron chi connectivity index (χ3n) is 5.30. The van der Waals surface area contributed by atoms with Crippen LogP contribution in [0.15, 0.2) is 53.0 Å². The predicted octanol–water partition coefficient (Wildman–Crippen LogP) is 3.56. The SMILES string of the molecule is CCNC(=O)C(C)N(Cc1ccc(Br)cc1)C(=O)CCCN(c1ccc(OC)cc1)S(C)(=O)=O. The molecule has 2 rings (SSSR count). The Morgan fingerprint density at radius 3 is 2.24 bits per heavy atom. The monoisotopic (exact) mass is 553 g/mol. The molecule has 1 N–H and O–H groups in total. The minimum Gasteiger partial charge on any atom is -0.497 e. The Labute approximate surface area is 210 Å². The molecule has 0 aromatic heterocycles. The molecule has 1 unspecified atom stereocenters. The van der Waals surface area contributed by atoms with Gasteiger partial charge in [-0.1, -0.05) is 28.1 Å². The Kier molecular flexibility index (Phi) is 10.4. The first-order valence-corrected chi connectivity index (χ1v) is 13.6. The van der Waals surface area contributed by atoms with Crippen molar-refractivity contribution in [2.24, 2.45) is 0 Å². The number of amides is 2. The summed E-state index contributed by atoms with van der Waals surface area (Å²) in [5.74, 6) is 0.170. The van der Waals surface area contributed by atoms with E-state index in [0.717, 1.165) is 16.3 Å². The quantitative estimate of drug-likeness (QED) is 0.433. The number of nitrogens with one attached hydrogen (secondary N) is 1. The summed E-state index contributed by atoms with van der Waals surface area (Å²) in [7, 11) is -2.01. The van der Waals surface area contributed by atoms with Crippen LogP contribution in [0.1, 0.15) is 32.3 Å². The van der Waals surface area contributed by atoms with Gasteiger partial charge >= 0.3 is 0 Å². The lowest BCUT2D eigenvalue weighted by molar-refractivity contribution is -0.140. The van der Waals surface area contributed by atoms with Crippen molar-refractivity contribution in [2.45, 2.75) is 39.3 Å². The number of hydrogen-bond donors (Lipinski definition) is 1. The van der Waals surface area contributed by atoms with Crippen LogP contribution in [0.25, 0.3) is 0 Å². The van der Waals surface area contributed by atoms with Gasteiger partial charge in [-0.3, -0.25) is 13.9 Å². The maximum Gasteiger partial charge on any atom is 0.242 e. The van der Waals surface area contributed by atoms with Crippen LogP contribution in [-0.4, -0.2) is 57.6 Å². The lowest BCUT2D eigenvalue weighted by Crippen LogP contribution is -2.47. The Bertz CT molecular complexity index is 1060.